The van der Waals surface area contributed by atoms with E-state index < -0.39 is 10.0 Å². The van der Waals surface area contributed by atoms with Gasteiger partial charge in [0.1, 0.15) is 5.15 Å². The van der Waals surface area contributed by atoms with Crippen LogP contribution in [0, 0.1) is 5.92 Å². The van der Waals surface area contributed by atoms with Gasteiger partial charge in [-0.1, -0.05) is 24.1 Å². The minimum atomic E-state index is -3.43. The van der Waals surface area contributed by atoms with E-state index in [-0.39, 0.29) is 24.3 Å². The Morgan fingerprint density at radius 3 is 2.80 bits per heavy atom. The van der Waals surface area contributed by atoms with Crippen molar-refractivity contribution in [3.8, 4) is 0 Å². The molecule has 0 amide bonds. The van der Waals surface area contributed by atoms with Gasteiger partial charge in [0.05, 0.1) is 12.4 Å². The van der Waals surface area contributed by atoms with Gasteiger partial charge in [-0.05, 0) is 36.8 Å². The number of halogens is 1. The lowest BCUT2D eigenvalue weighted by Crippen LogP contribution is -2.46. The summed E-state index contributed by atoms with van der Waals surface area (Å²) >= 11 is 5.90. The second-order valence-electron chi connectivity index (χ2n) is 5.12. The number of hydrogen-bond donors (Lipinski definition) is 2. The molecule has 0 aliphatic heterocycles. The summed E-state index contributed by atoms with van der Waals surface area (Å²) in [5.74, 6) is 0.207. The van der Waals surface area contributed by atoms with E-state index in [0.717, 1.165) is 19.3 Å². The van der Waals surface area contributed by atoms with Gasteiger partial charge in [0, 0.05) is 12.2 Å². The molecule has 0 radical (unpaired) electrons. The van der Waals surface area contributed by atoms with E-state index in [1.165, 1.54) is 0 Å². The van der Waals surface area contributed by atoms with E-state index >= 15 is 0 Å². The van der Waals surface area contributed by atoms with Crippen LogP contribution in [0.2, 0.25) is 5.15 Å². The van der Waals surface area contributed by atoms with Crippen molar-refractivity contribution in [1.29, 1.82) is 0 Å². The van der Waals surface area contributed by atoms with Crippen molar-refractivity contribution in [3.63, 3.8) is 0 Å². The quantitative estimate of drug-likeness (QED) is 0.744. The molecule has 0 aromatic carbocycles. The van der Waals surface area contributed by atoms with Crippen LogP contribution < -0.4 is 4.72 Å². The van der Waals surface area contributed by atoms with Gasteiger partial charge in [-0.3, -0.25) is 0 Å². The lowest BCUT2D eigenvalue weighted by Gasteiger charge is -2.32. The van der Waals surface area contributed by atoms with Gasteiger partial charge < -0.3 is 5.11 Å². The first-order chi connectivity index (χ1) is 9.52. The molecule has 1 saturated carbocycles. The van der Waals surface area contributed by atoms with Crippen molar-refractivity contribution in [2.75, 3.05) is 12.4 Å². The zero-order chi connectivity index (χ0) is 14.6. The zero-order valence-corrected chi connectivity index (χ0v) is 12.7. The molecule has 5 nitrogen and oxygen atoms in total. The molecule has 1 aromatic rings. The summed E-state index contributed by atoms with van der Waals surface area (Å²) in [7, 11) is -3.43. The van der Waals surface area contributed by atoms with Crippen LogP contribution >= 0.6 is 11.6 Å². The second-order valence-corrected chi connectivity index (χ2v) is 7.35. The SMILES string of the molecule is O=S(=O)(CCc1cccnc1Cl)NC(CO)C1CCC1. The largest absolute Gasteiger partial charge is 0.395 e. The van der Waals surface area contributed by atoms with Crippen LogP contribution in [0.15, 0.2) is 18.3 Å². The molecular weight excluding hydrogens is 300 g/mol. The van der Waals surface area contributed by atoms with E-state index in [9.17, 15) is 13.5 Å². The summed E-state index contributed by atoms with van der Waals surface area (Å²) in [5, 5.41) is 9.63. The first-order valence-electron chi connectivity index (χ1n) is 6.72. The number of pyridine rings is 1. The molecule has 7 heteroatoms. The molecule has 1 fully saturated rings. The fourth-order valence-electron chi connectivity index (χ4n) is 2.26. The Morgan fingerprint density at radius 2 is 2.25 bits per heavy atom. The molecule has 1 atom stereocenters. The zero-order valence-electron chi connectivity index (χ0n) is 11.1. The van der Waals surface area contributed by atoms with E-state index in [0.29, 0.717) is 17.1 Å². The number of sulfonamides is 1. The van der Waals surface area contributed by atoms with Crippen molar-refractivity contribution >= 4 is 21.6 Å². The molecule has 20 heavy (non-hydrogen) atoms. The Morgan fingerprint density at radius 1 is 1.50 bits per heavy atom. The summed E-state index contributed by atoms with van der Waals surface area (Å²) in [5.41, 5.74) is 0.712. The predicted molar refractivity (Wildman–Crippen MR) is 78.1 cm³/mol. The molecule has 0 saturated heterocycles. The maximum Gasteiger partial charge on any atom is 0.212 e. The third-order valence-electron chi connectivity index (χ3n) is 3.72. The highest BCUT2D eigenvalue weighted by molar-refractivity contribution is 7.89. The van der Waals surface area contributed by atoms with Crippen molar-refractivity contribution < 1.29 is 13.5 Å². The normalized spacial score (nSPS) is 17.7. The van der Waals surface area contributed by atoms with Crippen LogP contribution in [-0.4, -0.2) is 36.9 Å². The average Bonchev–Trinajstić information content (AvgIpc) is 2.34. The topological polar surface area (TPSA) is 79.3 Å². The molecular formula is C13H19ClN2O3S. The highest BCUT2D eigenvalue weighted by Gasteiger charge is 2.29. The van der Waals surface area contributed by atoms with Crippen molar-refractivity contribution in [2.45, 2.75) is 31.7 Å². The lowest BCUT2D eigenvalue weighted by atomic mass is 9.80. The van der Waals surface area contributed by atoms with Crippen molar-refractivity contribution in [3.05, 3.63) is 29.0 Å². The molecule has 1 unspecified atom stereocenters. The first-order valence-corrected chi connectivity index (χ1v) is 8.75. The summed E-state index contributed by atoms with van der Waals surface area (Å²) in [6.07, 6.45) is 4.93. The maximum atomic E-state index is 12.0. The average molecular weight is 319 g/mol. The van der Waals surface area contributed by atoms with Crippen LogP contribution in [0.5, 0.6) is 0 Å². The monoisotopic (exact) mass is 318 g/mol. The number of aromatic nitrogens is 1. The Kier molecular flexibility index (Phi) is 5.37. The third kappa shape index (κ3) is 4.15. The van der Waals surface area contributed by atoms with Gasteiger partial charge in [-0.25, -0.2) is 18.1 Å². The number of aryl methyl sites for hydroxylation is 1. The first kappa shape index (κ1) is 15.7. The second kappa shape index (κ2) is 6.85. The Balaban J connectivity index is 1.92. The van der Waals surface area contributed by atoms with Crippen LogP contribution in [0.1, 0.15) is 24.8 Å². The van der Waals surface area contributed by atoms with Crippen LogP contribution in [-0.2, 0) is 16.4 Å². The molecule has 1 aromatic heterocycles. The minimum Gasteiger partial charge on any atom is -0.395 e. The fraction of sp³-hybridized carbons (Fsp3) is 0.615. The fourth-order valence-corrected chi connectivity index (χ4v) is 3.81. The van der Waals surface area contributed by atoms with E-state index in [1.807, 2.05) is 0 Å². The number of nitrogens with one attached hydrogen (secondary N) is 1. The number of hydrogen-bond acceptors (Lipinski definition) is 4. The molecule has 2 N–H and O–H groups in total. The minimum absolute atomic E-state index is 0.0539. The Hall–Kier alpha value is -0.690. The number of aliphatic hydroxyl groups is 1. The molecule has 1 aliphatic carbocycles. The van der Waals surface area contributed by atoms with E-state index in [1.54, 1.807) is 18.3 Å². The molecule has 1 heterocycles. The molecule has 0 spiro atoms. The maximum absolute atomic E-state index is 12.0. The smallest absolute Gasteiger partial charge is 0.212 e. The van der Waals surface area contributed by atoms with Crippen LogP contribution in [0.4, 0.5) is 0 Å². The standard InChI is InChI=1S/C13H19ClN2O3S/c14-13-11(5-2-7-15-13)6-8-20(18,19)16-12(9-17)10-3-1-4-10/h2,5,7,10,12,16-17H,1,3-4,6,8-9H2. The molecule has 2 rings (SSSR count). The van der Waals surface area contributed by atoms with Gasteiger partial charge in [0.25, 0.3) is 0 Å². The highest BCUT2D eigenvalue weighted by Crippen LogP contribution is 2.29. The molecule has 0 bridgehead atoms. The lowest BCUT2D eigenvalue weighted by molar-refractivity contribution is 0.165. The highest BCUT2D eigenvalue weighted by atomic mass is 35.5. The Bertz CT molecular complexity index is 546. The van der Waals surface area contributed by atoms with Gasteiger partial charge >= 0.3 is 0 Å². The van der Waals surface area contributed by atoms with Crippen molar-refractivity contribution in [2.24, 2.45) is 5.92 Å². The van der Waals surface area contributed by atoms with E-state index in [4.69, 9.17) is 11.6 Å². The summed E-state index contributed by atoms with van der Waals surface area (Å²) in [6, 6.07) is 3.13. The van der Waals surface area contributed by atoms with Gasteiger partial charge in [0.2, 0.25) is 10.0 Å². The Labute approximate surface area is 124 Å². The summed E-state index contributed by atoms with van der Waals surface area (Å²) in [6.45, 7) is -0.155. The van der Waals surface area contributed by atoms with Gasteiger partial charge in [-0.15, -0.1) is 0 Å². The third-order valence-corrected chi connectivity index (χ3v) is 5.47. The number of aliphatic hydroxyl groups excluding tert-OH is 1. The van der Waals surface area contributed by atoms with Crippen LogP contribution in [0.3, 0.4) is 0 Å². The summed E-state index contributed by atoms with van der Waals surface area (Å²) < 4.78 is 26.7. The van der Waals surface area contributed by atoms with Crippen molar-refractivity contribution in [1.82, 2.24) is 9.71 Å². The molecule has 112 valence electrons. The number of nitrogens with zero attached hydrogens (tertiary/aromatic N) is 1. The van der Waals surface area contributed by atoms with E-state index in [2.05, 4.69) is 9.71 Å². The van der Waals surface area contributed by atoms with Gasteiger partial charge in [0.15, 0.2) is 0 Å². The molecule has 1 aliphatic rings. The number of rotatable bonds is 7. The predicted octanol–water partition coefficient (Wildman–Crippen LogP) is 1.36. The van der Waals surface area contributed by atoms with Crippen LogP contribution in [0.25, 0.3) is 0 Å². The van der Waals surface area contributed by atoms with Gasteiger partial charge in [-0.2, -0.15) is 0 Å². The summed E-state index contributed by atoms with van der Waals surface area (Å²) in [4.78, 5) is 3.92.